The van der Waals surface area contributed by atoms with E-state index in [2.05, 4.69) is 10.6 Å². The molecular weight excluding hydrogens is 299 g/mol. The van der Waals surface area contributed by atoms with Crippen LogP contribution in [0.4, 0.5) is 4.39 Å². The maximum atomic E-state index is 13.3. The van der Waals surface area contributed by atoms with E-state index < -0.39 is 11.7 Å². The second kappa shape index (κ2) is 7.40. The van der Waals surface area contributed by atoms with Gasteiger partial charge in [0.05, 0.1) is 12.7 Å². The number of carbonyl (C=O) groups excluding carboxylic acids is 2. The first-order valence-electron chi connectivity index (χ1n) is 6.98. The molecule has 6 heteroatoms. The summed E-state index contributed by atoms with van der Waals surface area (Å²) >= 11 is 0. The Kier molecular flexibility index (Phi) is 5.30. The van der Waals surface area contributed by atoms with Crippen molar-refractivity contribution in [1.82, 2.24) is 10.6 Å². The van der Waals surface area contributed by atoms with Crippen molar-refractivity contribution in [3.05, 3.63) is 65.0 Å². The van der Waals surface area contributed by atoms with E-state index in [4.69, 9.17) is 4.74 Å². The molecule has 5 nitrogen and oxygen atoms in total. The van der Waals surface area contributed by atoms with Gasteiger partial charge < -0.3 is 15.4 Å². The zero-order valence-electron chi connectivity index (χ0n) is 12.9. The fraction of sp³-hybridized carbons (Fsp3) is 0.176. The van der Waals surface area contributed by atoms with Crippen molar-refractivity contribution < 1.29 is 18.7 Å². The second-order valence-corrected chi connectivity index (χ2v) is 4.80. The molecule has 0 aliphatic rings. The van der Waals surface area contributed by atoms with E-state index in [0.717, 1.165) is 11.6 Å². The van der Waals surface area contributed by atoms with E-state index >= 15 is 0 Å². The van der Waals surface area contributed by atoms with Gasteiger partial charge in [0.15, 0.2) is 0 Å². The van der Waals surface area contributed by atoms with Crippen molar-refractivity contribution in [3.8, 4) is 5.75 Å². The first kappa shape index (κ1) is 16.5. The minimum atomic E-state index is -0.508. The van der Waals surface area contributed by atoms with Crippen molar-refractivity contribution in [2.24, 2.45) is 0 Å². The van der Waals surface area contributed by atoms with Crippen LogP contribution < -0.4 is 15.4 Å². The van der Waals surface area contributed by atoms with Gasteiger partial charge in [0.25, 0.3) is 11.8 Å². The minimum absolute atomic E-state index is 0.134. The number of hydrogen-bond acceptors (Lipinski definition) is 3. The number of nitrogens with one attached hydrogen (secondary N) is 2. The van der Waals surface area contributed by atoms with Gasteiger partial charge in [0.1, 0.15) is 11.6 Å². The van der Waals surface area contributed by atoms with Gasteiger partial charge in [0.2, 0.25) is 0 Å². The van der Waals surface area contributed by atoms with Crippen molar-refractivity contribution in [2.75, 3.05) is 14.2 Å². The third kappa shape index (κ3) is 4.06. The van der Waals surface area contributed by atoms with Crippen molar-refractivity contribution in [3.63, 3.8) is 0 Å². The van der Waals surface area contributed by atoms with Crippen molar-refractivity contribution in [1.29, 1.82) is 0 Å². The Balaban J connectivity index is 2.04. The zero-order valence-corrected chi connectivity index (χ0v) is 12.9. The summed E-state index contributed by atoms with van der Waals surface area (Å²) in [5.74, 6) is -0.813. The van der Waals surface area contributed by atoms with Crippen LogP contribution in [0.15, 0.2) is 42.5 Å². The molecule has 0 atom stereocenters. The number of ether oxygens (including phenoxy) is 1. The zero-order chi connectivity index (χ0) is 16.8. The average molecular weight is 316 g/mol. The van der Waals surface area contributed by atoms with Crippen LogP contribution in [0.3, 0.4) is 0 Å². The third-order valence-electron chi connectivity index (χ3n) is 3.30. The Bertz CT molecular complexity index is 714. The number of halogens is 1. The predicted molar refractivity (Wildman–Crippen MR) is 84.0 cm³/mol. The fourth-order valence-electron chi connectivity index (χ4n) is 2.05. The molecule has 2 amide bonds. The lowest BCUT2D eigenvalue weighted by molar-refractivity contribution is 0.0943. The van der Waals surface area contributed by atoms with Gasteiger partial charge in [-0.05, 0) is 35.9 Å². The highest BCUT2D eigenvalue weighted by Gasteiger charge is 2.13. The Morgan fingerprint density at radius 3 is 2.39 bits per heavy atom. The van der Waals surface area contributed by atoms with E-state index in [1.807, 2.05) is 0 Å². The molecule has 0 radical (unpaired) electrons. The molecule has 23 heavy (non-hydrogen) atoms. The normalized spacial score (nSPS) is 10.0. The van der Waals surface area contributed by atoms with Gasteiger partial charge in [0, 0.05) is 19.2 Å². The molecule has 120 valence electrons. The highest BCUT2D eigenvalue weighted by Crippen LogP contribution is 2.19. The highest BCUT2D eigenvalue weighted by atomic mass is 19.1. The summed E-state index contributed by atoms with van der Waals surface area (Å²) in [5, 5.41) is 5.23. The minimum Gasteiger partial charge on any atom is -0.496 e. The SMILES string of the molecule is CNC(=O)c1ccc(CNC(=O)c2cc(F)ccc2OC)cc1. The number of carbonyl (C=O) groups is 2. The first-order valence-corrected chi connectivity index (χ1v) is 6.98. The Hall–Kier alpha value is -2.89. The monoisotopic (exact) mass is 316 g/mol. The summed E-state index contributed by atoms with van der Waals surface area (Å²) in [6.45, 7) is 0.256. The summed E-state index contributed by atoms with van der Waals surface area (Å²) in [7, 11) is 2.98. The molecule has 2 aromatic rings. The number of methoxy groups -OCH3 is 1. The fourth-order valence-corrected chi connectivity index (χ4v) is 2.05. The summed E-state index contributed by atoms with van der Waals surface area (Å²) in [6, 6.07) is 10.6. The van der Waals surface area contributed by atoms with Crippen molar-refractivity contribution >= 4 is 11.8 Å². The van der Waals surface area contributed by atoms with Crippen LogP contribution in [0, 0.1) is 5.82 Å². The lowest BCUT2D eigenvalue weighted by atomic mass is 10.1. The summed E-state index contributed by atoms with van der Waals surface area (Å²) in [5.41, 5.74) is 1.49. The molecule has 0 bridgehead atoms. The summed E-state index contributed by atoms with van der Waals surface area (Å²) in [4.78, 5) is 23.6. The van der Waals surface area contributed by atoms with E-state index in [-0.39, 0.29) is 18.0 Å². The largest absolute Gasteiger partial charge is 0.496 e. The molecule has 0 unspecified atom stereocenters. The van der Waals surface area contributed by atoms with Gasteiger partial charge >= 0.3 is 0 Å². The van der Waals surface area contributed by atoms with Crippen LogP contribution >= 0.6 is 0 Å². The van der Waals surface area contributed by atoms with E-state index in [9.17, 15) is 14.0 Å². The molecule has 0 aliphatic heterocycles. The van der Waals surface area contributed by atoms with Crippen molar-refractivity contribution in [2.45, 2.75) is 6.54 Å². The smallest absolute Gasteiger partial charge is 0.255 e. The van der Waals surface area contributed by atoms with Gasteiger partial charge in [-0.3, -0.25) is 9.59 Å². The first-order chi connectivity index (χ1) is 11.0. The molecule has 2 aromatic carbocycles. The second-order valence-electron chi connectivity index (χ2n) is 4.80. The Morgan fingerprint density at radius 2 is 1.78 bits per heavy atom. The molecule has 2 N–H and O–H groups in total. The Morgan fingerprint density at radius 1 is 1.09 bits per heavy atom. The van der Waals surface area contributed by atoms with Crippen LogP contribution in [0.1, 0.15) is 26.3 Å². The van der Waals surface area contributed by atoms with Gasteiger partial charge in [-0.25, -0.2) is 4.39 Å². The standard InChI is InChI=1S/C17H17FN2O3/c1-19-16(21)12-5-3-11(4-6-12)10-20-17(22)14-9-13(18)7-8-15(14)23-2/h3-9H,10H2,1-2H3,(H,19,21)(H,20,22). The molecule has 2 rings (SSSR count). The topological polar surface area (TPSA) is 67.4 Å². The van der Waals surface area contributed by atoms with Crippen LogP contribution in [0.2, 0.25) is 0 Å². The van der Waals surface area contributed by atoms with Crippen LogP contribution in [0.25, 0.3) is 0 Å². The molecule has 0 saturated heterocycles. The summed E-state index contributed by atoms with van der Waals surface area (Å²) < 4.78 is 18.3. The quantitative estimate of drug-likeness (QED) is 0.888. The van der Waals surface area contributed by atoms with Gasteiger partial charge in [-0.1, -0.05) is 12.1 Å². The highest BCUT2D eigenvalue weighted by molar-refractivity contribution is 5.97. The number of rotatable bonds is 5. The van der Waals surface area contributed by atoms with Gasteiger partial charge in [-0.2, -0.15) is 0 Å². The maximum Gasteiger partial charge on any atom is 0.255 e. The lowest BCUT2D eigenvalue weighted by Crippen LogP contribution is -2.23. The number of hydrogen-bond donors (Lipinski definition) is 2. The summed E-state index contributed by atoms with van der Waals surface area (Å²) in [6.07, 6.45) is 0. The number of benzene rings is 2. The predicted octanol–water partition coefficient (Wildman–Crippen LogP) is 2.12. The molecule has 0 heterocycles. The van der Waals surface area contributed by atoms with Crippen LogP contribution in [-0.2, 0) is 6.54 Å². The maximum absolute atomic E-state index is 13.3. The molecule has 0 saturated carbocycles. The number of amides is 2. The van der Waals surface area contributed by atoms with E-state index in [1.165, 1.54) is 19.2 Å². The van der Waals surface area contributed by atoms with Crippen LogP contribution in [-0.4, -0.2) is 26.0 Å². The third-order valence-corrected chi connectivity index (χ3v) is 3.30. The van der Waals surface area contributed by atoms with Gasteiger partial charge in [-0.15, -0.1) is 0 Å². The molecular formula is C17H17FN2O3. The van der Waals surface area contributed by atoms with E-state index in [0.29, 0.717) is 11.3 Å². The molecule has 0 aromatic heterocycles. The molecule has 0 aliphatic carbocycles. The molecule has 0 spiro atoms. The lowest BCUT2D eigenvalue weighted by Gasteiger charge is -2.10. The average Bonchev–Trinajstić information content (AvgIpc) is 2.59. The Labute approximate surface area is 133 Å². The van der Waals surface area contributed by atoms with Crippen LogP contribution in [0.5, 0.6) is 5.75 Å². The van der Waals surface area contributed by atoms with E-state index in [1.54, 1.807) is 31.3 Å². The molecule has 0 fully saturated rings.